The van der Waals surface area contributed by atoms with E-state index in [2.05, 4.69) is 16.6 Å². The average molecular weight is 303 g/mol. The lowest BCUT2D eigenvalue weighted by atomic mass is 9.85. The fraction of sp³-hybridized carbons (Fsp3) is 0.615. The molecule has 2 unspecified atom stereocenters. The van der Waals surface area contributed by atoms with Gasteiger partial charge in [0.15, 0.2) is 0 Å². The molecule has 0 radical (unpaired) electrons. The molecule has 1 heterocycles. The van der Waals surface area contributed by atoms with Crippen molar-refractivity contribution in [1.82, 2.24) is 9.71 Å². The van der Waals surface area contributed by atoms with Crippen LogP contribution in [0.1, 0.15) is 39.0 Å². The highest BCUT2D eigenvalue weighted by Gasteiger charge is 2.25. The summed E-state index contributed by atoms with van der Waals surface area (Å²) >= 11 is 5.74. The molecule has 1 aliphatic carbocycles. The van der Waals surface area contributed by atoms with Gasteiger partial charge in [-0.3, -0.25) is 0 Å². The quantitative estimate of drug-likeness (QED) is 0.870. The second-order valence-corrected chi connectivity index (χ2v) is 7.17. The highest BCUT2D eigenvalue weighted by atomic mass is 35.5. The van der Waals surface area contributed by atoms with E-state index in [1.807, 2.05) is 0 Å². The van der Waals surface area contributed by atoms with E-state index >= 15 is 0 Å². The van der Waals surface area contributed by atoms with Crippen LogP contribution in [0.5, 0.6) is 0 Å². The number of aromatic nitrogens is 1. The van der Waals surface area contributed by atoms with E-state index in [-0.39, 0.29) is 16.1 Å². The zero-order valence-corrected chi connectivity index (χ0v) is 12.5. The number of nitrogens with one attached hydrogen (secondary N) is 1. The van der Waals surface area contributed by atoms with E-state index in [0.717, 1.165) is 25.7 Å². The Morgan fingerprint density at radius 1 is 1.47 bits per heavy atom. The topological polar surface area (TPSA) is 59.1 Å². The standard InChI is InChI=1S/C13H19ClN2O2S/c1-2-10-4-3-5-11(8-10)16-19(17,18)12-6-7-15-13(14)9-12/h6-7,9-11,16H,2-5,8H2,1H3. The Morgan fingerprint density at radius 3 is 2.95 bits per heavy atom. The first-order valence-corrected chi connectivity index (χ1v) is 8.51. The maximum absolute atomic E-state index is 12.3. The van der Waals surface area contributed by atoms with Crippen LogP contribution < -0.4 is 4.72 Å². The third-order valence-corrected chi connectivity index (χ3v) is 5.42. The van der Waals surface area contributed by atoms with Gasteiger partial charge in [-0.2, -0.15) is 0 Å². The Labute approximate surface area is 119 Å². The molecule has 1 saturated carbocycles. The highest BCUT2D eigenvalue weighted by Crippen LogP contribution is 2.27. The van der Waals surface area contributed by atoms with Crippen LogP contribution in [0.15, 0.2) is 23.2 Å². The van der Waals surface area contributed by atoms with Crippen molar-refractivity contribution in [2.45, 2.75) is 50.0 Å². The fourth-order valence-electron chi connectivity index (χ4n) is 2.61. The summed E-state index contributed by atoms with van der Waals surface area (Å²) in [5.74, 6) is 0.627. The molecule has 2 atom stereocenters. The molecule has 0 amide bonds. The van der Waals surface area contributed by atoms with Crippen molar-refractivity contribution >= 4 is 21.6 Å². The number of hydrogen-bond donors (Lipinski definition) is 1. The van der Waals surface area contributed by atoms with Gasteiger partial charge in [0.1, 0.15) is 5.15 Å². The lowest BCUT2D eigenvalue weighted by Gasteiger charge is -2.28. The van der Waals surface area contributed by atoms with E-state index < -0.39 is 10.0 Å². The molecule has 1 aromatic heterocycles. The molecule has 0 spiro atoms. The molecule has 106 valence electrons. The third-order valence-electron chi connectivity index (χ3n) is 3.69. The van der Waals surface area contributed by atoms with Crippen molar-refractivity contribution in [2.24, 2.45) is 5.92 Å². The molecule has 0 saturated heterocycles. The maximum atomic E-state index is 12.3. The summed E-state index contributed by atoms with van der Waals surface area (Å²) in [4.78, 5) is 3.98. The van der Waals surface area contributed by atoms with Gasteiger partial charge in [0.25, 0.3) is 0 Å². The Kier molecular flexibility index (Phi) is 4.81. The van der Waals surface area contributed by atoms with Gasteiger partial charge in [-0.15, -0.1) is 0 Å². The maximum Gasteiger partial charge on any atom is 0.240 e. The lowest BCUT2D eigenvalue weighted by molar-refractivity contribution is 0.301. The number of pyridine rings is 1. The van der Waals surface area contributed by atoms with E-state index in [1.54, 1.807) is 0 Å². The molecule has 2 rings (SSSR count). The molecular weight excluding hydrogens is 284 g/mol. The second-order valence-electron chi connectivity index (χ2n) is 5.07. The number of sulfonamides is 1. The summed E-state index contributed by atoms with van der Waals surface area (Å²) in [7, 11) is -3.49. The van der Waals surface area contributed by atoms with Crippen molar-refractivity contribution in [1.29, 1.82) is 0 Å². The summed E-state index contributed by atoms with van der Waals surface area (Å²) in [6.07, 6.45) is 6.65. The molecule has 1 fully saturated rings. The largest absolute Gasteiger partial charge is 0.244 e. The molecule has 1 aliphatic rings. The van der Waals surface area contributed by atoms with Crippen LogP contribution >= 0.6 is 11.6 Å². The summed E-state index contributed by atoms with van der Waals surface area (Å²) in [5.41, 5.74) is 0. The molecular formula is C13H19ClN2O2S. The van der Waals surface area contributed by atoms with Crippen LogP contribution in [0.2, 0.25) is 5.15 Å². The number of rotatable bonds is 4. The summed E-state index contributed by atoms with van der Waals surface area (Å²) in [5, 5.41) is 0.193. The van der Waals surface area contributed by atoms with Gasteiger partial charge in [0.2, 0.25) is 10.0 Å². The summed E-state index contributed by atoms with van der Waals surface area (Å²) in [6, 6.07) is 2.88. The second kappa shape index (κ2) is 6.20. The molecule has 0 aromatic carbocycles. The number of halogens is 1. The average Bonchev–Trinajstić information content (AvgIpc) is 2.38. The van der Waals surface area contributed by atoms with Gasteiger partial charge in [0.05, 0.1) is 4.90 Å². The van der Waals surface area contributed by atoms with Gasteiger partial charge >= 0.3 is 0 Å². The van der Waals surface area contributed by atoms with Crippen molar-refractivity contribution in [3.8, 4) is 0 Å². The minimum atomic E-state index is -3.49. The monoisotopic (exact) mass is 302 g/mol. The fourth-order valence-corrected chi connectivity index (χ4v) is 4.14. The molecule has 6 heteroatoms. The van der Waals surface area contributed by atoms with Crippen molar-refractivity contribution in [2.75, 3.05) is 0 Å². The smallest absolute Gasteiger partial charge is 0.240 e. The number of nitrogens with zero attached hydrogens (tertiary/aromatic N) is 1. The zero-order valence-electron chi connectivity index (χ0n) is 11.0. The molecule has 19 heavy (non-hydrogen) atoms. The van der Waals surface area contributed by atoms with Gasteiger partial charge < -0.3 is 0 Å². The molecule has 1 N–H and O–H groups in total. The van der Waals surface area contributed by atoms with E-state index in [4.69, 9.17) is 11.6 Å². The van der Waals surface area contributed by atoms with Crippen molar-refractivity contribution in [3.05, 3.63) is 23.5 Å². The van der Waals surface area contributed by atoms with Crippen LogP contribution in [0.4, 0.5) is 0 Å². The van der Waals surface area contributed by atoms with Crippen molar-refractivity contribution in [3.63, 3.8) is 0 Å². The first kappa shape index (κ1) is 14.8. The van der Waals surface area contributed by atoms with E-state index in [0.29, 0.717) is 5.92 Å². The van der Waals surface area contributed by atoms with Gasteiger partial charge in [-0.25, -0.2) is 18.1 Å². The minimum absolute atomic E-state index is 0.0376. The lowest BCUT2D eigenvalue weighted by Crippen LogP contribution is -2.38. The first-order valence-electron chi connectivity index (χ1n) is 6.65. The Bertz CT molecular complexity index is 533. The normalized spacial score (nSPS) is 24.3. The van der Waals surface area contributed by atoms with Crippen molar-refractivity contribution < 1.29 is 8.42 Å². The van der Waals surface area contributed by atoms with E-state index in [9.17, 15) is 8.42 Å². The highest BCUT2D eigenvalue weighted by molar-refractivity contribution is 7.89. The first-order chi connectivity index (χ1) is 9.01. The molecule has 0 aliphatic heterocycles. The Morgan fingerprint density at radius 2 is 2.26 bits per heavy atom. The van der Waals surface area contributed by atoms with Crippen LogP contribution in [0.3, 0.4) is 0 Å². The van der Waals surface area contributed by atoms with Crippen LogP contribution in [0, 0.1) is 5.92 Å². The SMILES string of the molecule is CCC1CCCC(NS(=O)(=O)c2ccnc(Cl)c2)C1. The van der Waals surface area contributed by atoms with Gasteiger partial charge in [-0.1, -0.05) is 37.8 Å². The van der Waals surface area contributed by atoms with Crippen LogP contribution in [0.25, 0.3) is 0 Å². The Hall–Kier alpha value is -0.650. The minimum Gasteiger partial charge on any atom is -0.244 e. The molecule has 0 bridgehead atoms. The zero-order chi connectivity index (χ0) is 13.9. The molecule has 1 aromatic rings. The van der Waals surface area contributed by atoms with Crippen LogP contribution in [-0.2, 0) is 10.0 Å². The predicted molar refractivity (Wildman–Crippen MR) is 75.6 cm³/mol. The molecule has 4 nitrogen and oxygen atoms in total. The summed E-state index contributed by atoms with van der Waals surface area (Å²) in [6.45, 7) is 2.16. The predicted octanol–water partition coefficient (Wildman–Crippen LogP) is 2.98. The van der Waals surface area contributed by atoms with Crippen LogP contribution in [-0.4, -0.2) is 19.4 Å². The summed E-state index contributed by atoms with van der Waals surface area (Å²) < 4.78 is 27.3. The Balaban J connectivity index is 2.09. The van der Waals surface area contributed by atoms with Gasteiger partial charge in [-0.05, 0) is 30.9 Å². The third kappa shape index (κ3) is 3.91. The van der Waals surface area contributed by atoms with E-state index in [1.165, 1.54) is 24.8 Å². The van der Waals surface area contributed by atoms with Gasteiger partial charge in [0, 0.05) is 12.2 Å². The number of hydrogen-bond acceptors (Lipinski definition) is 3.